The lowest BCUT2D eigenvalue weighted by Crippen LogP contribution is -2.44. The summed E-state index contributed by atoms with van der Waals surface area (Å²) in [5, 5.41) is 0.311. The number of Topliss-reactive ketones (excluding diaryl/α,β-unsaturated/α-hetero) is 1. The van der Waals surface area contributed by atoms with E-state index >= 15 is 0 Å². The van der Waals surface area contributed by atoms with Crippen molar-refractivity contribution < 1.29 is 4.79 Å². The van der Waals surface area contributed by atoms with Gasteiger partial charge in [-0.3, -0.25) is 4.79 Å². The summed E-state index contributed by atoms with van der Waals surface area (Å²) in [6.07, 6.45) is 3.11. The summed E-state index contributed by atoms with van der Waals surface area (Å²) in [5.41, 5.74) is 1.31. The van der Waals surface area contributed by atoms with E-state index in [1.807, 2.05) is 6.92 Å². The van der Waals surface area contributed by atoms with E-state index in [0.29, 0.717) is 16.4 Å². The molecule has 0 radical (unpaired) electrons. The molecule has 1 aliphatic carbocycles. The van der Waals surface area contributed by atoms with Crippen LogP contribution in [0.25, 0.3) is 0 Å². The monoisotopic (exact) mass is 210 g/mol. The predicted molar refractivity (Wildman–Crippen MR) is 64.3 cm³/mol. The molecule has 0 heterocycles. The summed E-state index contributed by atoms with van der Waals surface area (Å²) in [7, 11) is -1.48. The molecule has 1 nitrogen and oxygen atoms in total. The zero-order valence-corrected chi connectivity index (χ0v) is 11.3. The second-order valence-electron chi connectivity index (χ2n) is 6.01. The highest BCUT2D eigenvalue weighted by molar-refractivity contribution is 6.84. The van der Waals surface area contributed by atoms with Gasteiger partial charge in [0.25, 0.3) is 0 Å². The van der Waals surface area contributed by atoms with E-state index in [0.717, 1.165) is 12.0 Å². The number of hydrogen-bond acceptors (Lipinski definition) is 1. The summed E-state index contributed by atoms with van der Waals surface area (Å²) in [4.78, 5) is 12.0. The third kappa shape index (κ3) is 1.72. The second kappa shape index (κ2) is 3.33. The van der Waals surface area contributed by atoms with Crippen molar-refractivity contribution in [3.8, 4) is 0 Å². The lowest BCUT2D eigenvalue weighted by Gasteiger charge is -2.41. The van der Waals surface area contributed by atoms with Gasteiger partial charge in [0.2, 0.25) is 0 Å². The van der Waals surface area contributed by atoms with E-state index in [-0.39, 0.29) is 0 Å². The number of ketones is 1. The van der Waals surface area contributed by atoms with E-state index in [1.54, 1.807) is 0 Å². The number of rotatable bonds is 1. The largest absolute Gasteiger partial charge is 0.295 e. The quantitative estimate of drug-likeness (QED) is 0.602. The minimum Gasteiger partial charge on any atom is -0.295 e. The van der Waals surface area contributed by atoms with Crippen molar-refractivity contribution in [1.29, 1.82) is 0 Å². The third-order valence-electron chi connectivity index (χ3n) is 4.17. The smallest absolute Gasteiger partial charge is 0.158 e. The minimum absolute atomic E-state index is 0.311. The molecule has 0 N–H and O–H groups in total. The van der Waals surface area contributed by atoms with Crippen LogP contribution in [-0.4, -0.2) is 13.9 Å². The average Bonchev–Trinajstić information content (AvgIpc) is 2.30. The molecule has 0 spiro atoms. The number of allylic oxidation sites excluding steroid dienone is 2. The highest BCUT2D eigenvalue weighted by Gasteiger charge is 2.46. The molecule has 2 heteroatoms. The highest BCUT2D eigenvalue weighted by atomic mass is 28.3. The molecular weight excluding hydrogens is 188 g/mol. The Labute approximate surface area is 88.6 Å². The van der Waals surface area contributed by atoms with Crippen molar-refractivity contribution in [3.05, 3.63) is 11.6 Å². The minimum atomic E-state index is -1.48. The van der Waals surface area contributed by atoms with Gasteiger partial charge in [-0.15, -0.1) is 0 Å². The first-order valence-electron chi connectivity index (χ1n) is 5.39. The van der Waals surface area contributed by atoms with Gasteiger partial charge in [0.15, 0.2) is 5.78 Å². The zero-order valence-electron chi connectivity index (χ0n) is 10.3. The zero-order chi connectivity index (χ0) is 11.1. The maximum absolute atomic E-state index is 12.0. The fraction of sp³-hybridized carbons (Fsp3) is 0.750. The van der Waals surface area contributed by atoms with E-state index in [2.05, 4.69) is 39.9 Å². The molecule has 0 saturated heterocycles. The molecular formula is C12H22OSi. The van der Waals surface area contributed by atoms with E-state index in [1.165, 1.54) is 0 Å². The summed E-state index contributed by atoms with van der Waals surface area (Å²) < 4.78 is 0. The van der Waals surface area contributed by atoms with Crippen LogP contribution >= 0.6 is 0 Å². The molecule has 0 bridgehead atoms. The molecule has 1 atom stereocenters. The van der Waals surface area contributed by atoms with E-state index in [4.69, 9.17) is 0 Å². The van der Waals surface area contributed by atoms with Crippen LogP contribution in [-0.2, 0) is 4.79 Å². The van der Waals surface area contributed by atoms with Crippen LogP contribution in [0.4, 0.5) is 0 Å². The standard InChI is InChI=1S/C12H22OSi/c1-9-7-8-10(11(9)13)14(5,6)12(2,3)4/h7,10H,8H2,1-6H3/t10-/m0/s1. The van der Waals surface area contributed by atoms with Crippen LogP contribution in [0.3, 0.4) is 0 Å². The highest BCUT2D eigenvalue weighted by Crippen LogP contribution is 2.48. The van der Waals surface area contributed by atoms with Gasteiger partial charge in [-0.05, 0) is 24.0 Å². The Bertz CT molecular complexity index is 281. The van der Waals surface area contributed by atoms with Crippen LogP contribution in [0.5, 0.6) is 0 Å². The molecule has 0 aliphatic heterocycles. The van der Waals surface area contributed by atoms with Crippen molar-refractivity contribution in [2.45, 2.75) is 57.8 Å². The van der Waals surface area contributed by atoms with E-state index in [9.17, 15) is 4.79 Å². The molecule has 14 heavy (non-hydrogen) atoms. The van der Waals surface area contributed by atoms with Gasteiger partial charge in [0, 0.05) is 5.54 Å². The third-order valence-corrected chi connectivity index (χ3v) is 10.3. The Morgan fingerprint density at radius 3 is 2.14 bits per heavy atom. The number of hydrogen-bond donors (Lipinski definition) is 0. The Balaban J connectivity index is 2.93. The Morgan fingerprint density at radius 1 is 1.36 bits per heavy atom. The van der Waals surface area contributed by atoms with Crippen LogP contribution in [0.1, 0.15) is 34.1 Å². The molecule has 0 fully saturated rings. The van der Waals surface area contributed by atoms with Crippen molar-refractivity contribution in [1.82, 2.24) is 0 Å². The molecule has 0 aromatic heterocycles. The van der Waals surface area contributed by atoms with Gasteiger partial charge >= 0.3 is 0 Å². The van der Waals surface area contributed by atoms with Crippen molar-refractivity contribution >= 4 is 13.9 Å². The first kappa shape index (κ1) is 11.7. The van der Waals surface area contributed by atoms with Crippen molar-refractivity contribution in [2.24, 2.45) is 0 Å². The Morgan fingerprint density at radius 2 is 1.86 bits per heavy atom. The van der Waals surface area contributed by atoms with Gasteiger partial charge < -0.3 is 0 Å². The van der Waals surface area contributed by atoms with Crippen LogP contribution in [0.15, 0.2) is 11.6 Å². The fourth-order valence-corrected chi connectivity index (χ4v) is 4.56. The summed E-state index contributed by atoms with van der Waals surface area (Å²) >= 11 is 0. The van der Waals surface area contributed by atoms with Gasteiger partial charge in [0.05, 0.1) is 8.07 Å². The SMILES string of the molecule is CC1=CC[C@H]([Si](C)(C)C(C)(C)C)C1=O. The number of carbonyl (C=O) groups is 1. The van der Waals surface area contributed by atoms with Crippen LogP contribution < -0.4 is 0 Å². The average molecular weight is 210 g/mol. The molecule has 0 aromatic rings. The molecule has 80 valence electrons. The van der Waals surface area contributed by atoms with Gasteiger partial charge in [-0.1, -0.05) is 39.9 Å². The summed E-state index contributed by atoms with van der Waals surface area (Å²) in [6, 6.07) is 0. The Hall–Kier alpha value is -0.373. The van der Waals surface area contributed by atoms with Crippen LogP contribution in [0, 0.1) is 0 Å². The lowest BCUT2D eigenvalue weighted by atomic mass is 10.2. The molecule has 0 aromatic carbocycles. The molecule has 0 unspecified atom stereocenters. The van der Waals surface area contributed by atoms with Gasteiger partial charge in [-0.25, -0.2) is 0 Å². The van der Waals surface area contributed by atoms with Gasteiger partial charge in [-0.2, -0.15) is 0 Å². The predicted octanol–water partition coefficient (Wildman–Crippen LogP) is 3.78. The van der Waals surface area contributed by atoms with Crippen molar-refractivity contribution in [3.63, 3.8) is 0 Å². The second-order valence-corrected chi connectivity index (χ2v) is 11.7. The normalized spacial score (nSPS) is 24.0. The topological polar surface area (TPSA) is 17.1 Å². The maximum Gasteiger partial charge on any atom is 0.158 e. The molecule has 1 aliphatic rings. The van der Waals surface area contributed by atoms with Crippen LogP contribution in [0.2, 0.25) is 23.7 Å². The first-order valence-corrected chi connectivity index (χ1v) is 8.46. The molecule has 1 rings (SSSR count). The molecule has 0 saturated carbocycles. The Kier molecular flexibility index (Phi) is 2.79. The number of carbonyl (C=O) groups excluding carboxylic acids is 1. The van der Waals surface area contributed by atoms with E-state index < -0.39 is 8.07 Å². The maximum atomic E-state index is 12.0. The summed E-state index contributed by atoms with van der Waals surface area (Å²) in [5.74, 6) is 0.414. The molecule has 0 amide bonds. The summed E-state index contributed by atoms with van der Waals surface area (Å²) in [6.45, 7) is 13.5. The van der Waals surface area contributed by atoms with Gasteiger partial charge in [0.1, 0.15) is 0 Å². The fourth-order valence-electron chi connectivity index (χ4n) is 1.92. The van der Waals surface area contributed by atoms with Crippen molar-refractivity contribution in [2.75, 3.05) is 0 Å². The lowest BCUT2D eigenvalue weighted by molar-refractivity contribution is -0.115. The first-order chi connectivity index (χ1) is 6.18.